The minimum absolute atomic E-state index is 0.203. The minimum atomic E-state index is -1.21. The summed E-state index contributed by atoms with van der Waals surface area (Å²) in [6, 6.07) is 1.34. The van der Waals surface area contributed by atoms with Crippen LogP contribution in [0.4, 0.5) is 9.18 Å². The first kappa shape index (κ1) is 20.7. The molecule has 2 unspecified atom stereocenters. The number of carbonyl (C=O) groups excluding carboxylic acids is 1. The number of aromatic carboxylic acids is 1. The number of pyridine rings is 1. The molecule has 10 heteroatoms. The highest BCUT2D eigenvalue weighted by molar-refractivity contribution is 5.86. The molecule has 0 radical (unpaired) electrons. The van der Waals surface area contributed by atoms with Gasteiger partial charge in [-0.3, -0.25) is 4.98 Å². The summed E-state index contributed by atoms with van der Waals surface area (Å²) in [5, 5.41) is 19.0. The third-order valence-corrected chi connectivity index (χ3v) is 4.81. The lowest BCUT2D eigenvalue weighted by molar-refractivity contribution is 0.0292. The number of carboxylic acid groups (broad SMARTS) is 1. The lowest BCUT2D eigenvalue weighted by Gasteiger charge is -2.24. The zero-order valence-corrected chi connectivity index (χ0v) is 16.8. The first-order valence-corrected chi connectivity index (χ1v) is 9.34. The van der Waals surface area contributed by atoms with E-state index in [1.54, 1.807) is 32.6 Å². The maximum Gasteiger partial charge on any atom is 0.410 e. The monoisotopic (exact) mass is 405 g/mol. The predicted molar refractivity (Wildman–Crippen MR) is 100 cm³/mol. The van der Waals surface area contributed by atoms with Crippen molar-refractivity contribution in [2.24, 2.45) is 0 Å². The van der Waals surface area contributed by atoms with Crippen molar-refractivity contribution in [3.8, 4) is 0 Å². The van der Waals surface area contributed by atoms with Crippen LogP contribution in [0.2, 0.25) is 0 Å². The maximum atomic E-state index is 14.8. The molecule has 1 aliphatic heterocycles. The zero-order chi connectivity index (χ0) is 21.3. The van der Waals surface area contributed by atoms with Crippen LogP contribution in [0.25, 0.3) is 0 Å². The van der Waals surface area contributed by atoms with Gasteiger partial charge in [-0.15, -0.1) is 5.10 Å². The van der Waals surface area contributed by atoms with Gasteiger partial charge in [0, 0.05) is 31.1 Å². The van der Waals surface area contributed by atoms with E-state index in [1.807, 2.05) is 0 Å². The van der Waals surface area contributed by atoms with Gasteiger partial charge in [-0.2, -0.15) is 10.3 Å². The third kappa shape index (κ3) is 4.52. The Kier molecular flexibility index (Phi) is 5.54. The molecule has 0 aromatic carbocycles. The van der Waals surface area contributed by atoms with E-state index >= 15 is 0 Å². The van der Waals surface area contributed by atoms with Crippen LogP contribution in [0.5, 0.6) is 0 Å². The molecule has 1 amide bonds. The van der Waals surface area contributed by atoms with Crippen molar-refractivity contribution >= 4 is 12.1 Å². The third-order valence-electron chi connectivity index (χ3n) is 4.81. The number of hydrogen-bond acceptors (Lipinski definition) is 6. The van der Waals surface area contributed by atoms with Gasteiger partial charge in [-0.1, -0.05) is 6.92 Å². The Bertz CT molecular complexity index is 924. The highest BCUT2D eigenvalue weighted by Gasteiger charge is 2.33. The average molecular weight is 405 g/mol. The van der Waals surface area contributed by atoms with Crippen molar-refractivity contribution in [1.29, 1.82) is 0 Å². The maximum absolute atomic E-state index is 14.8. The summed E-state index contributed by atoms with van der Waals surface area (Å²) < 4.78 is 20.2. The Labute approximate surface area is 167 Å². The van der Waals surface area contributed by atoms with Crippen molar-refractivity contribution in [1.82, 2.24) is 25.3 Å². The molecule has 3 rings (SSSR count). The van der Waals surface area contributed by atoms with E-state index < -0.39 is 29.4 Å². The number of halogens is 1. The van der Waals surface area contributed by atoms with E-state index in [0.717, 1.165) is 0 Å². The fourth-order valence-electron chi connectivity index (χ4n) is 3.33. The fraction of sp³-hybridized carbons (Fsp3) is 0.526. The quantitative estimate of drug-likeness (QED) is 0.802. The molecule has 2 aromatic heterocycles. The van der Waals surface area contributed by atoms with Gasteiger partial charge in [0.25, 0.3) is 0 Å². The van der Waals surface area contributed by atoms with Gasteiger partial charge < -0.3 is 14.7 Å². The van der Waals surface area contributed by atoms with E-state index in [9.17, 15) is 19.1 Å². The molecule has 3 heterocycles. The smallest absolute Gasteiger partial charge is 0.410 e. The predicted octanol–water partition coefficient (Wildman–Crippen LogP) is 2.91. The van der Waals surface area contributed by atoms with E-state index in [2.05, 4.69) is 20.4 Å². The molecule has 2 aromatic rings. The summed E-state index contributed by atoms with van der Waals surface area (Å²) in [6.07, 6.45) is 1.68. The Hall–Kier alpha value is -3.04. The number of carboxylic acids is 1. The van der Waals surface area contributed by atoms with Gasteiger partial charge in [0.15, 0.2) is 5.69 Å². The number of nitrogens with zero attached hydrogens (tertiary/aromatic N) is 4. The number of carbonyl (C=O) groups is 2. The van der Waals surface area contributed by atoms with E-state index in [0.29, 0.717) is 25.1 Å². The van der Waals surface area contributed by atoms with E-state index in [-0.39, 0.29) is 23.0 Å². The van der Waals surface area contributed by atoms with Crippen LogP contribution < -0.4 is 0 Å². The summed E-state index contributed by atoms with van der Waals surface area (Å²) in [5.41, 5.74) is 0.191. The SMILES string of the molecule is CC(c1cnc(C2CCN(C(=O)OC(C)(C)C)C2)c(F)c1)c1n[nH]nc1C(=O)O. The Morgan fingerprint density at radius 2 is 2.10 bits per heavy atom. The van der Waals surface area contributed by atoms with Crippen LogP contribution in [0.3, 0.4) is 0 Å². The van der Waals surface area contributed by atoms with E-state index in [4.69, 9.17) is 4.74 Å². The number of aromatic amines is 1. The van der Waals surface area contributed by atoms with E-state index in [1.165, 1.54) is 12.3 Å². The molecule has 0 saturated carbocycles. The molecular weight excluding hydrogens is 381 g/mol. The molecule has 156 valence electrons. The number of amides is 1. The second kappa shape index (κ2) is 7.76. The highest BCUT2D eigenvalue weighted by atomic mass is 19.1. The largest absolute Gasteiger partial charge is 0.476 e. The topological polar surface area (TPSA) is 121 Å². The Morgan fingerprint density at radius 3 is 2.72 bits per heavy atom. The summed E-state index contributed by atoms with van der Waals surface area (Å²) in [7, 11) is 0. The summed E-state index contributed by atoms with van der Waals surface area (Å²) in [4.78, 5) is 29.3. The molecule has 2 N–H and O–H groups in total. The molecule has 29 heavy (non-hydrogen) atoms. The molecule has 0 spiro atoms. The van der Waals surface area contributed by atoms with Gasteiger partial charge >= 0.3 is 12.1 Å². The van der Waals surface area contributed by atoms with Gasteiger partial charge in [-0.05, 0) is 38.8 Å². The molecule has 1 aliphatic rings. The van der Waals surface area contributed by atoms with Crippen molar-refractivity contribution < 1.29 is 23.8 Å². The van der Waals surface area contributed by atoms with Crippen LogP contribution in [-0.2, 0) is 4.74 Å². The van der Waals surface area contributed by atoms with Gasteiger partial charge in [0.2, 0.25) is 0 Å². The second-order valence-corrected chi connectivity index (χ2v) is 8.13. The number of aromatic nitrogens is 4. The summed E-state index contributed by atoms with van der Waals surface area (Å²) in [5.74, 6) is -2.43. The van der Waals surface area contributed by atoms with Crippen LogP contribution >= 0.6 is 0 Å². The first-order valence-electron chi connectivity index (χ1n) is 9.34. The van der Waals surface area contributed by atoms with Crippen LogP contribution in [0, 0.1) is 5.82 Å². The number of rotatable bonds is 4. The number of nitrogens with one attached hydrogen (secondary N) is 1. The fourth-order valence-corrected chi connectivity index (χ4v) is 3.33. The molecule has 0 aliphatic carbocycles. The standard InChI is InChI=1S/C19H24FN5O4/c1-10(14-16(17(26)27)23-24-22-14)12-7-13(20)15(21-8-12)11-5-6-25(9-11)18(28)29-19(2,3)4/h7-8,10-11H,5-6,9H2,1-4H3,(H,26,27)(H,22,23,24). The van der Waals surface area contributed by atoms with Crippen LogP contribution in [0.1, 0.15) is 73.4 Å². The average Bonchev–Trinajstić information content (AvgIpc) is 3.29. The minimum Gasteiger partial charge on any atom is -0.476 e. The van der Waals surface area contributed by atoms with Crippen molar-refractivity contribution in [3.05, 3.63) is 40.7 Å². The number of likely N-dealkylation sites (tertiary alicyclic amines) is 1. The summed E-state index contributed by atoms with van der Waals surface area (Å²) in [6.45, 7) is 7.90. The lowest BCUT2D eigenvalue weighted by Crippen LogP contribution is -2.35. The zero-order valence-electron chi connectivity index (χ0n) is 16.8. The highest BCUT2D eigenvalue weighted by Crippen LogP contribution is 2.31. The van der Waals surface area contributed by atoms with Crippen molar-refractivity contribution in [3.63, 3.8) is 0 Å². The van der Waals surface area contributed by atoms with Gasteiger partial charge in [0.1, 0.15) is 17.1 Å². The van der Waals surface area contributed by atoms with Crippen LogP contribution in [-0.4, -0.2) is 61.2 Å². The molecule has 2 atom stereocenters. The molecule has 1 saturated heterocycles. The Balaban J connectivity index is 1.74. The lowest BCUT2D eigenvalue weighted by atomic mass is 9.96. The number of ether oxygens (including phenoxy) is 1. The number of H-pyrrole nitrogens is 1. The van der Waals surface area contributed by atoms with Gasteiger partial charge in [-0.25, -0.2) is 14.0 Å². The number of hydrogen-bond donors (Lipinski definition) is 2. The molecule has 0 bridgehead atoms. The molecule has 9 nitrogen and oxygen atoms in total. The normalized spacial score (nSPS) is 18.0. The van der Waals surface area contributed by atoms with Gasteiger partial charge in [0.05, 0.1) is 5.69 Å². The second-order valence-electron chi connectivity index (χ2n) is 8.13. The van der Waals surface area contributed by atoms with Crippen molar-refractivity contribution in [2.45, 2.75) is 51.6 Å². The molecular formula is C19H24FN5O4. The van der Waals surface area contributed by atoms with Crippen LogP contribution in [0.15, 0.2) is 12.3 Å². The van der Waals surface area contributed by atoms with Crippen molar-refractivity contribution in [2.75, 3.05) is 13.1 Å². The Morgan fingerprint density at radius 1 is 1.38 bits per heavy atom. The summed E-state index contributed by atoms with van der Waals surface area (Å²) >= 11 is 0. The first-order chi connectivity index (χ1) is 13.6. The molecule has 1 fully saturated rings.